The molecule has 60 valence electrons. The van der Waals surface area contributed by atoms with E-state index in [0.29, 0.717) is 0 Å². The normalized spacial score (nSPS) is 13.0. The molecule has 0 aliphatic rings. The Hall–Kier alpha value is -1.70. The molecule has 1 aromatic rings. The molecule has 0 aliphatic heterocycles. The van der Waals surface area contributed by atoms with Crippen LogP contribution in [0.4, 0.5) is 0 Å². The summed E-state index contributed by atoms with van der Waals surface area (Å²) in [6, 6.07) is 1.88. The highest BCUT2D eigenvalue weighted by Crippen LogP contribution is 1.66. The minimum atomic E-state index is 0.812. The van der Waals surface area contributed by atoms with E-state index in [1.165, 1.54) is 0 Å². The van der Waals surface area contributed by atoms with E-state index in [-0.39, 0.29) is 0 Å². The van der Waals surface area contributed by atoms with Crippen molar-refractivity contribution in [1.82, 2.24) is 10.2 Å². The molecule has 0 spiro atoms. The first-order chi connectivity index (χ1) is 5.88. The fourth-order valence-electron chi connectivity index (χ4n) is 0.861. The predicted octanol–water partition coefficient (Wildman–Crippen LogP) is 0.410. The molecule has 0 N–H and O–H groups in total. The lowest BCUT2D eigenvalue weighted by Gasteiger charge is -1.84. The van der Waals surface area contributed by atoms with Gasteiger partial charge in [-0.2, -0.15) is 10.2 Å². The van der Waals surface area contributed by atoms with Crippen LogP contribution in [0.25, 0.3) is 12.2 Å². The Balaban J connectivity index is 3.47. The van der Waals surface area contributed by atoms with Gasteiger partial charge < -0.3 is 0 Å². The largest absolute Gasteiger partial charge is 0.159 e. The second kappa shape index (κ2) is 4.23. The van der Waals surface area contributed by atoms with Gasteiger partial charge in [-0.3, -0.25) is 0 Å². The summed E-state index contributed by atoms with van der Waals surface area (Å²) < 4.78 is 0. The van der Waals surface area contributed by atoms with E-state index in [9.17, 15) is 0 Å². The van der Waals surface area contributed by atoms with Gasteiger partial charge in [0.05, 0.1) is 11.5 Å². The van der Waals surface area contributed by atoms with Crippen molar-refractivity contribution in [2.45, 2.75) is 0 Å². The van der Waals surface area contributed by atoms with Gasteiger partial charge in [0.25, 0.3) is 0 Å². The van der Waals surface area contributed by atoms with E-state index in [2.05, 4.69) is 23.4 Å². The van der Waals surface area contributed by atoms with Crippen molar-refractivity contribution in [2.75, 3.05) is 0 Å². The number of allylic oxidation sites excluding steroid dienone is 2. The van der Waals surface area contributed by atoms with Gasteiger partial charge in [-0.05, 0) is 12.1 Å². The van der Waals surface area contributed by atoms with E-state index in [1.807, 2.05) is 18.2 Å². The molecule has 1 rings (SSSR count). The Morgan fingerprint density at radius 2 is 1.92 bits per heavy atom. The van der Waals surface area contributed by atoms with Crippen LogP contribution < -0.4 is 10.6 Å². The Morgan fingerprint density at radius 3 is 2.58 bits per heavy atom. The summed E-state index contributed by atoms with van der Waals surface area (Å²) in [6.07, 6.45) is 8.74. The summed E-state index contributed by atoms with van der Waals surface area (Å²) in [5, 5.41) is 9.51. The lowest BCUT2D eigenvalue weighted by atomic mass is 10.3. The van der Waals surface area contributed by atoms with Crippen LogP contribution in [0.2, 0.25) is 0 Å². The number of hydrogen-bond donors (Lipinski definition) is 0. The molecule has 0 amide bonds. The number of rotatable bonds is 2. The van der Waals surface area contributed by atoms with Gasteiger partial charge in [-0.1, -0.05) is 31.4 Å². The molecule has 0 unspecified atom stereocenters. The maximum atomic E-state index is 3.93. The molecule has 0 saturated heterocycles. The first kappa shape index (κ1) is 8.40. The SMILES string of the molecule is C=C/C=c1/ccnn/c1=C/C=C. The average molecular weight is 158 g/mol. The third-order valence-electron chi connectivity index (χ3n) is 1.36. The van der Waals surface area contributed by atoms with Gasteiger partial charge >= 0.3 is 0 Å². The molecule has 0 aromatic carbocycles. The summed E-state index contributed by atoms with van der Waals surface area (Å²) >= 11 is 0. The Bertz CT molecular complexity index is 352. The van der Waals surface area contributed by atoms with E-state index >= 15 is 0 Å². The highest BCUT2D eigenvalue weighted by atomic mass is 15.1. The van der Waals surface area contributed by atoms with Gasteiger partial charge in [0.2, 0.25) is 0 Å². The number of hydrogen-bond acceptors (Lipinski definition) is 2. The number of aromatic nitrogens is 2. The molecule has 0 bridgehead atoms. The fraction of sp³-hybridized carbons (Fsp3) is 0. The highest BCUT2D eigenvalue weighted by Gasteiger charge is 1.81. The van der Waals surface area contributed by atoms with E-state index in [1.54, 1.807) is 18.3 Å². The molecule has 2 nitrogen and oxygen atoms in total. The molecule has 2 heteroatoms. The standard InChI is InChI=1S/C10H10N2/c1-3-5-9-7-8-11-12-10(9)6-4-2/h3-8H,1-2H2/b9-5-,10-6+. The second-order valence-corrected chi connectivity index (χ2v) is 2.18. The van der Waals surface area contributed by atoms with Crippen molar-refractivity contribution in [3.8, 4) is 0 Å². The molecular weight excluding hydrogens is 148 g/mol. The smallest absolute Gasteiger partial charge is 0.0929 e. The monoisotopic (exact) mass is 158 g/mol. The third kappa shape index (κ3) is 1.89. The van der Waals surface area contributed by atoms with Crippen molar-refractivity contribution in [2.24, 2.45) is 0 Å². The van der Waals surface area contributed by atoms with Crippen LogP contribution in [-0.2, 0) is 0 Å². The second-order valence-electron chi connectivity index (χ2n) is 2.18. The van der Waals surface area contributed by atoms with Crippen molar-refractivity contribution >= 4 is 12.2 Å². The van der Waals surface area contributed by atoms with Gasteiger partial charge in [-0.25, -0.2) is 0 Å². The Morgan fingerprint density at radius 1 is 1.17 bits per heavy atom. The van der Waals surface area contributed by atoms with Crippen LogP contribution in [0.3, 0.4) is 0 Å². The molecular formula is C10H10N2. The molecule has 1 aromatic heterocycles. The van der Waals surface area contributed by atoms with Crippen molar-refractivity contribution in [3.63, 3.8) is 0 Å². The molecule has 12 heavy (non-hydrogen) atoms. The van der Waals surface area contributed by atoms with Crippen LogP contribution in [0, 0.1) is 0 Å². The summed E-state index contributed by atoms with van der Waals surface area (Å²) in [7, 11) is 0. The van der Waals surface area contributed by atoms with Crippen molar-refractivity contribution < 1.29 is 0 Å². The maximum Gasteiger partial charge on any atom is 0.0929 e. The topological polar surface area (TPSA) is 25.8 Å². The van der Waals surface area contributed by atoms with E-state index in [0.717, 1.165) is 10.6 Å². The maximum absolute atomic E-state index is 3.93. The zero-order valence-electron chi connectivity index (χ0n) is 6.77. The van der Waals surface area contributed by atoms with Crippen molar-refractivity contribution in [3.05, 3.63) is 48.1 Å². The quantitative estimate of drug-likeness (QED) is 0.623. The summed E-state index contributed by atoms with van der Waals surface area (Å²) in [5.74, 6) is 0. The van der Waals surface area contributed by atoms with Gasteiger partial charge in [0.15, 0.2) is 0 Å². The zero-order chi connectivity index (χ0) is 8.81. The minimum Gasteiger partial charge on any atom is -0.159 e. The number of nitrogens with zero attached hydrogens (tertiary/aromatic N) is 2. The van der Waals surface area contributed by atoms with Gasteiger partial charge in [0, 0.05) is 5.22 Å². The van der Waals surface area contributed by atoms with Crippen LogP contribution in [0.15, 0.2) is 37.6 Å². The van der Waals surface area contributed by atoms with Crippen LogP contribution >= 0.6 is 0 Å². The van der Waals surface area contributed by atoms with Crippen LogP contribution in [-0.4, -0.2) is 10.2 Å². The van der Waals surface area contributed by atoms with Crippen LogP contribution in [0.5, 0.6) is 0 Å². The van der Waals surface area contributed by atoms with E-state index in [4.69, 9.17) is 0 Å². The summed E-state index contributed by atoms with van der Waals surface area (Å²) in [6.45, 7) is 7.21. The average Bonchev–Trinajstić information content (AvgIpc) is 2.09. The first-order valence-electron chi connectivity index (χ1n) is 3.61. The summed E-state index contributed by atoms with van der Waals surface area (Å²) in [5.41, 5.74) is 0. The molecule has 1 heterocycles. The lowest BCUT2D eigenvalue weighted by Crippen LogP contribution is -2.28. The van der Waals surface area contributed by atoms with Gasteiger partial charge in [-0.15, -0.1) is 0 Å². The van der Waals surface area contributed by atoms with Crippen LogP contribution in [0.1, 0.15) is 0 Å². The predicted molar refractivity (Wildman–Crippen MR) is 50.6 cm³/mol. The fourth-order valence-corrected chi connectivity index (χ4v) is 0.861. The highest BCUT2D eigenvalue weighted by molar-refractivity contribution is 5.39. The van der Waals surface area contributed by atoms with E-state index < -0.39 is 0 Å². The molecule has 0 saturated carbocycles. The first-order valence-corrected chi connectivity index (χ1v) is 3.61. The molecule has 0 radical (unpaired) electrons. The zero-order valence-corrected chi connectivity index (χ0v) is 6.77. The molecule has 0 aliphatic carbocycles. The molecule has 0 atom stereocenters. The Labute approximate surface area is 71.3 Å². The summed E-state index contributed by atoms with van der Waals surface area (Å²) in [4.78, 5) is 0. The lowest BCUT2D eigenvalue weighted by molar-refractivity contribution is 0.982. The van der Waals surface area contributed by atoms with Gasteiger partial charge in [0.1, 0.15) is 0 Å². The molecule has 0 fully saturated rings. The van der Waals surface area contributed by atoms with Crippen molar-refractivity contribution in [1.29, 1.82) is 0 Å². The minimum absolute atomic E-state index is 0.812. The Kier molecular flexibility index (Phi) is 2.96. The third-order valence-corrected chi connectivity index (χ3v) is 1.36.